The van der Waals surface area contributed by atoms with Gasteiger partial charge in [-0.15, -0.1) is 0 Å². The Labute approximate surface area is 189 Å². The highest BCUT2D eigenvalue weighted by molar-refractivity contribution is 8.13. The molecule has 2 aromatic carbocycles. The average molecular weight is 455 g/mol. The van der Waals surface area contributed by atoms with Crippen molar-refractivity contribution in [1.29, 1.82) is 0 Å². The first-order valence-electron chi connectivity index (χ1n) is 10.2. The summed E-state index contributed by atoms with van der Waals surface area (Å²) < 4.78 is 18.9. The lowest BCUT2D eigenvalue weighted by Crippen LogP contribution is -2.42. The molecule has 2 aliphatic heterocycles. The largest absolute Gasteiger partial charge is 0.466 e. The molecule has 0 aliphatic carbocycles. The lowest BCUT2D eigenvalue weighted by molar-refractivity contribution is -0.136. The number of benzene rings is 2. The van der Waals surface area contributed by atoms with Gasteiger partial charge in [-0.25, -0.2) is 19.0 Å². The van der Waals surface area contributed by atoms with E-state index in [1.165, 1.54) is 19.2 Å². The van der Waals surface area contributed by atoms with Crippen LogP contribution in [0.5, 0.6) is 0 Å². The van der Waals surface area contributed by atoms with Crippen LogP contribution in [-0.4, -0.2) is 41.5 Å². The van der Waals surface area contributed by atoms with Gasteiger partial charge in [0.25, 0.3) is 0 Å². The van der Waals surface area contributed by atoms with E-state index in [9.17, 15) is 14.0 Å². The van der Waals surface area contributed by atoms with Crippen LogP contribution in [0.4, 0.5) is 20.6 Å². The summed E-state index contributed by atoms with van der Waals surface area (Å²) >= 11 is 1.66. The number of hydrogen-bond acceptors (Lipinski definition) is 6. The number of ether oxygens (including phenoxy) is 1. The molecule has 2 aromatic rings. The summed E-state index contributed by atoms with van der Waals surface area (Å²) in [6.45, 7) is 2.57. The van der Waals surface area contributed by atoms with Crippen LogP contribution in [0.1, 0.15) is 24.9 Å². The lowest BCUT2D eigenvalue weighted by Gasteiger charge is -2.40. The third kappa shape index (κ3) is 4.47. The predicted molar refractivity (Wildman–Crippen MR) is 124 cm³/mol. The van der Waals surface area contributed by atoms with Crippen molar-refractivity contribution in [2.24, 2.45) is 4.99 Å². The molecule has 7 nitrogen and oxygen atoms in total. The number of rotatable bonds is 4. The first-order valence-corrected chi connectivity index (χ1v) is 11.2. The second-order valence-electron chi connectivity index (χ2n) is 7.37. The number of aliphatic imine (C=N–C) groups is 1. The van der Waals surface area contributed by atoms with Gasteiger partial charge < -0.3 is 20.3 Å². The molecule has 0 bridgehead atoms. The summed E-state index contributed by atoms with van der Waals surface area (Å²) in [5.74, 6) is 0.0265. The molecule has 9 heteroatoms. The molecule has 2 heterocycles. The van der Waals surface area contributed by atoms with Gasteiger partial charge in [-0.05, 0) is 43.2 Å². The van der Waals surface area contributed by atoms with Crippen LogP contribution in [0.25, 0.3) is 0 Å². The molecule has 32 heavy (non-hydrogen) atoms. The fraction of sp³-hybridized carbons (Fsp3) is 0.261. The van der Waals surface area contributed by atoms with E-state index in [0.29, 0.717) is 17.0 Å². The quantitative estimate of drug-likeness (QED) is 0.651. The Kier molecular flexibility index (Phi) is 6.45. The minimum absolute atomic E-state index is 0.0890. The van der Waals surface area contributed by atoms with Crippen LogP contribution in [0.15, 0.2) is 64.8 Å². The van der Waals surface area contributed by atoms with Crippen LogP contribution in [0.2, 0.25) is 0 Å². The Morgan fingerprint density at radius 3 is 2.78 bits per heavy atom. The number of nitrogens with zero attached hydrogens (tertiary/aromatic N) is 2. The zero-order valence-corrected chi connectivity index (χ0v) is 18.5. The van der Waals surface area contributed by atoms with Gasteiger partial charge in [0.15, 0.2) is 5.17 Å². The van der Waals surface area contributed by atoms with Gasteiger partial charge in [-0.1, -0.05) is 36.0 Å². The minimum atomic E-state index is -0.563. The van der Waals surface area contributed by atoms with Gasteiger partial charge in [0.05, 0.1) is 30.1 Å². The van der Waals surface area contributed by atoms with Crippen molar-refractivity contribution in [2.75, 3.05) is 30.0 Å². The Morgan fingerprint density at radius 2 is 2.00 bits per heavy atom. The standard InChI is InChI=1S/C23H23FN4O3S/c1-14-19(21(29)31-2)20(28-11-6-12-32-23(28)25-14)15-7-5-8-16(13-15)26-22(30)27-18-10-4-3-9-17(18)24/h3-5,7-10,13,20H,6,11-12H2,1-2H3,(H2,26,27,30). The van der Waals surface area contributed by atoms with E-state index in [4.69, 9.17) is 4.74 Å². The van der Waals surface area contributed by atoms with Crippen LogP contribution in [-0.2, 0) is 9.53 Å². The van der Waals surface area contributed by atoms with Crippen LogP contribution in [0, 0.1) is 5.82 Å². The van der Waals surface area contributed by atoms with Crippen molar-refractivity contribution >= 4 is 40.3 Å². The molecule has 0 aromatic heterocycles. The molecule has 1 fully saturated rings. The summed E-state index contributed by atoms with van der Waals surface area (Å²) in [7, 11) is 1.36. The van der Waals surface area contributed by atoms with Crippen LogP contribution in [0.3, 0.4) is 0 Å². The van der Waals surface area contributed by atoms with Crippen molar-refractivity contribution in [2.45, 2.75) is 19.4 Å². The number of nitrogens with one attached hydrogen (secondary N) is 2. The van der Waals surface area contributed by atoms with Crippen molar-refractivity contribution in [3.05, 3.63) is 71.2 Å². The molecular weight excluding hydrogens is 431 g/mol. The van der Waals surface area contributed by atoms with Crippen LogP contribution < -0.4 is 10.6 Å². The summed E-state index contributed by atoms with van der Waals surface area (Å²) in [5.41, 5.74) is 2.53. The number of thioether (sulfide) groups is 1. The number of allylic oxidation sites excluding steroid dienone is 1. The molecule has 4 rings (SSSR count). The average Bonchev–Trinajstić information content (AvgIpc) is 2.79. The first kappa shape index (κ1) is 21.9. The molecule has 1 saturated heterocycles. The topological polar surface area (TPSA) is 83.0 Å². The minimum Gasteiger partial charge on any atom is -0.466 e. The van der Waals surface area contributed by atoms with Gasteiger partial charge in [-0.3, -0.25) is 0 Å². The van der Waals surface area contributed by atoms with Gasteiger partial charge in [0.2, 0.25) is 0 Å². The Morgan fingerprint density at radius 1 is 1.19 bits per heavy atom. The summed E-state index contributed by atoms with van der Waals surface area (Å²) in [5, 5.41) is 6.12. The molecule has 2 aliphatic rings. The van der Waals surface area contributed by atoms with Gasteiger partial charge in [0.1, 0.15) is 5.82 Å². The maximum atomic E-state index is 13.8. The first-order chi connectivity index (χ1) is 15.5. The van der Waals surface area contributed by atoms with E-state index < -0.39 is 17.8 Å². The van der Waals surface area contributed by atoms with E-state index in [0.717, 1.165) is 29.4 Å². The number of para-hydroxylation sites is 1. The molecule has 166 valence electrons. The summed E-state index contributed by atoms with van der Waals surface area (Å²) in [6.07, 6.45) is 0.969. The number of esters is 1. The van der Waals surface area contributed by atoms with Gasteiger partial charge >= 0.3 is 12.0 Å². The molecule has 0 spiro atoms. The number of halogens is 1. The SMILES string of the molecule is COC(=O)C1=C(C)N=C2SCCCN2C1c1cccc(NC(=O)Nc2ccccc2F)c1. The molecule has 0 radical (unpaired) electrons. The van der Waals surface area contributed by atoms with E-state index in [-0.39, 0.29) is 11.7 Å². The number of carbonyl (C=O) groups is 2. The third-order valence-electron chi connectivity index (χ3n) is 5.25. The Balaban J connectivity index is 1.62. The maximum Gasteiger partial charge on any atom is 0.338 e. The second-order valence-corrected chi connectivity index (χ2v) is 8.43. The zero-order valence-electron chi connectivity index (χ0n) is 17.7. The zero-order chi connectivity index (χ0) is 22.7. The molecule has 0 saturated carbocycles. The number of amidine groups is 1. The van der Waals surface area contributed by atoms with E-state index in [2.05, 4.69) is 20.5 Å². The molecule has 1 atom stereocenters. The summed E-state index contributed by atoms with van der Waals surface area (Å²) in [4.78, 5) is 31.8. The molecule has 2 N–H and O–H groups in total. The predicted octanol–water partition coefficient (Wildman–Crippen LogP) is 4.77. The fourth-order valence-electron chi connectivity index (χ4n) is 3.82. The molecular formula is C23H23FN4O3S. The maximum absolute atomic E-state index is 13.8. The number of urea groups is 1. The van der Waals surface area contributed by atoms with E-state index in [1.54, 1.807) is 36.0 Å². The van der Waals surface area contributed by atoms with Crippen molar-refractivity contribution in [1.82, 2.24) is 4.90 Å². The number of amides is 2. The highest BCUT2D eigenvalue weighted by atomic mass is 32.2. The Bertz CT molecular complexity index is 1120. The summed E-state index contributed by atoms with van der Waals surface area (Å²) in [6, 6.07) is 12.3. The van der Waals surface area contributed by atoms with Crippen molar-refractivity contribution < 1.29 is 18.7 Å². The van der Waals surface area contributed by atoms with Crippen molar-refractivity contribution in [3.63, 3.8) is 0 Å². The number of methoxy groups -OCH3 is 1. The van der Waals surface area contributed by atoms with Gasteiger partial charge in [-0.2, -0.15) is 0 Å². The van der Waals surface area contributed by atoms with Gasteiger partial charge in [0, 0.05) is 18.0 Å². The number of anilines is 2. The van der Waals surface area contributed by atoms with E-state index in [1.807, 2.05) is 19.1 Å². The smallest absolute Gasteiger partial charge is 0.338 e. The molecule has 2 amide bonds. The molecule has 1 unspecified atom stereocenters. The number of carbonyl (C=O) groups excluding carboxylic acids is 2. The van der Waals surface area contributed by atoms with Crippen LogP contribution >= 0.6 is 11.8 Å². The monoisotopic (exact) mass is 454 g/mol. The lowest BCUT2D eigenvalue weighted by atomic mass is 9.94. The highest BCUT2D eigenvalue weighted by Crippen LogP contribution is 2.40. The third-order valence-corrected chi connectivity index (χ3v) is 6.32. The normalized spacial score (nSPS) is 17.9. The number of fused-ring (bicyclic) bond motifs is 1. The second kappa shape index (κ2) is 9.44. The number of hydrogen-bond donors (Lipinski definition) is 2. The highest BCUT2D eigenvalue weighted by Gasteiger charge is 2.37. The van der Waals surface area contributed by atoms with Crippen molar-refractivity contribution in [3.8, 4) is 0 Å². The Hall–Kier alpha value is -3.33. The fourth-order valence-corrected chi connectivity index (χ4v) is 4.84. The van der Waals surface area contributed by atoms with E-state index >= 15 is 0 Å².